The van der Waals surface area contributed by atoms with Crippen molar-refractivity contribution < 1.29 is 9.90 Å². The standard InChI is InChI=1S/C12H23NO2/c1-10(2)4-5-11(15)13-7-6-12(3,8-13)9-14/h10,14H,4-9H2,1-3H3/t12-/m0/s1. The highest BCUT2D eigenvalue weighted by molar-refractivity contribution is 5.76. The van der Waals surface area contributed by atoms with Crippen LogP contribution in [0.2, 0.25) is 0 Å². The third-order valence-corrected chi connectivity index (χ3v) is 3.23. The maximum absolute atomic E-state index is 11.8. The monoisotopic (exact) mass is 213 g/mol. The van der Waals surface area contributed by atoms with Gasteiger partial charge in [-0.2, -0.15) is 0 Å². The Morgan fingerprint density at radius 3 is 2.67 bits per heavy atom. The second-order valence-corrected chi connectivity index (χ2v) is 5.47. The minimum Gasteiger partial charge on any atom is -0.396 e. The lowest BCUT2D eigenvalue weighted by Crippen LogP contribution is -2.32. The van der Waals surface area contributed by atoms with Crippen molar-refractivity contribution in [2.75, 3.05) is 19.7 Å². The van der Waals surface area contributed by atoms with Crippen LogP contribution in [0.4, 0.5) is 0 Å². The van der Waals surface area contributed by atoms with Gasteiger partial charge in [0, 0.05) is 24.9 Å². The van der Waals surface area contributed by atoms with Gasteiger partial charge >= 0.3 is 0 Å². The lowest BCUT2D eigenvalue weighted by Gasteiger charge is -2.22. The van der Waals surface area contributed by atoms with Crippen LogP contribution in [0.5, 0.6) is 0 Å². The third-order valence-electron chi connectivity index (χ3n) is 3.23. The number of carbonyl (C=O) groups excluding carboxylic acids is 1. The van der Waals surface area contributed by atoms with Crippen LogP contribution in [0, 0.1) is 11.3 Å². The Balaban J connectivity index is 2.37. The molecule has 0 spiro atoms. The second-order valence-electron chi connectivity index (χ2n) is 5.47. The van der Waals surface area contributed by atoms with Gasteiger partial charge in [0.05, 0.1) is 6.61 Å². The van der Waals surface area contributed by atoms with Crippen LogP contribution in [0.25, 0.3) is 0 Å². The van der Waals surface area contributed by atoms with Gasteiger partial charge in [-0.25, -0.2) is 0 Å². The summed E-state index contributed by atoms with van der Waals surface area (Å²) in [5, 5.41) is 9.21. The zero-order valence-corrected chi connectivity index (χ0v) is 10.1. The van der Waals surface area contributed by atoms with Crippen molar-refractivity contribution in [2.45, 2.75) is 40.0 Å². The van der Waals surface area contributed by atoms with Crippen molar-refractivity contribution in [1.82, 2.24) is 4.90 Å². The van der Waals surface area contributed by atoms with E-state index in [1.807, 2.05) is 11.8 Å². The molecular formula is C12H23NO2. The number of aliphatic hydroxyl groups excluding tert-OH is 1. The molecular weight excluding hydrogens is 190 g/mol. The number of aliphatic hydroxyl groups is 1. The Morgan fingerprint density at radius 1 is 1.53 bits per heavy atom. The predicted octanol–water partition coefficient (Wildman–Crippen LogP) is 1.65. The molecule has 0 radical (unpaired) electrons. The molecule has 0 unspecified atom stereocenters. The highest BCUT2D eigenvalue weighted by atomic mass is 16.3. The fourth-order valence-corrected chi connectivity index (χ4v) is 1.94. The highest BCUT2D eigenvalue weighted by Crippen LogP contribution is 2.29. The van der Waals surface area contributed by atoms with Gasteiger partial charge in [-0.05, 0) is 18.8 Å². The molecule has 3 heteroatoms. The maximum atomic E-state index is 11.8. The first-order valence-electron chi connectivity index (χ1n) is 5.85. The van der Waals surface area contributed by atoms with Crippen molar-refractivity contribution >= 4 is 5.91 Å². The van der Waals surface area contributed by atoms with E-state index >= 15 is 0 Å². The normalized spacial score (nSPS) is 26.3. The van der Waals surface area contributed by atoms with Gasteiger partial charge in [-0.1, -0.05) is 20.8 Å². The SMILES string of the molecule is CC(C)CCC(=O)N1CC[C@](C)(CO)C1. The van der Waals surface area contributed by atoms with Crippen LogP contribution in [-0.4, -0.2) is 35.6 Å². The van der Waals surface area contributed by atoms with Crippen LogP contribution in [0.3, 0.4) is 0 Å². The molecule has 3 nitrogen and oxygen atoms in total. The van der Waals surface area contributed by atoms with Crippen molar-refractivity contribution in [2.24, 2.45) is 11.3 Å². The molecule has 1 amide bonds. The smallest absolute Gasteiger partial charge is 0.222 e. The number of likely N-dealkylation sites (tertiary alicyclic amines) is 1. The van der Waals surface area contributed by atoms with Crippen molar-refractivity contribution in [1.29, 1.82) is 0 Å². The number of rotatable bonds is 4. The molecule has 0 saturated carbocycles. The van der Waals surface area contributed by atoms with Gasteiger partial charge in [-0.3, -0.25) is 4.79 Å². The number of amides is 1. The first kappa shape index (κ1) is 12.5. The van der Waals surface area contributed by atoms with Gasteiger partial charge in [0.25, 0.3) is 0 Å². The van der Waals surface area contributed by atoms with Gasteiger partial charge in [0.2, 0.25) is 5.91 Å². The first-order chi connectivity index (χ1) is 6.97. The average Bonchev–Trinajstić information content (AvgIpc) is 2.58. The van der Waals surface area contributed by atoms with E-state index in [0.717, 1.165) is 25.9 Å². The summed E-state index contributed by atoms with van der Waals surface area (Å²) in [6.45, 7) is 8.03. The van der Waals surface area contributed by atoms with Crippen LogP contribution in [0.1, 0.15) is 40.0 Å². The summed E-state index contributed by atoms with van der Waals surface area (Å²) in [6, 6.07) is 0. The summed E-state index contributed by atoms with van der Waals surface area (Å²) in [4.78, 5) is 13.7. The first-order valence-corrected chi connectivity index (χ1v) is 5.85. The van der Waals surface area contributed by atoms with Crippen molar-refractivity contribution in [3.63, 3.8) is 0 Å². The zero-order chi connectivity index (χ0) is 11.5. The summed E-state index contributed by atoms with van der Waals surface area (Å²) in [6.07, 6.45) is 2.54. The van der Waals surface area contributed by atoms with Crippen molar-refractivity contribution in [3.05, 3.63) is 0 Å². The molecule has 1 fully saturated rings. The van der Waals surface area contributed by atoms with Gasteiger partial charge in [0.1, 0.15) is 0 Å². The maximum Gasteiger partial charge on any atom is 0.222 e. The molecule has 0 aromatic heterocycles. The molecule has 1 rings (SSSR count). The molecule has 15 heavy (non-hydrogen) atoms. The fourth-order valence-electron chi connectivity index (χ4n) is 1.94. The van der Waals surface area contributed by atoms with E-state index in [-0.39, 0.29) is 17.9 Å². The van der Waals surface area contributed by atoms with Crippen LogP contribution >= 0.6 is 0 Å². The number of nitrogens with zero attached hydrogens (tertiary/aromatic N) is 1. The molecule has 0 aliphatic carbocycles. The minimum absolute atomic E-state index is 0.0620. The molecule has 0 bridgehead atoms. The minimum atomic E-state index is -0.0620. The van der Waals surface area contributed by atoms with E-state index in [0.29, 0.717) is 12.3 Å². The fraction of sp³-hybridized carbons (Fsp3) is 0.917. The highest BCUT2D eigenvalue weighted by Gasteiger charge is 2.35. The largest absolute Gasteiger partial charge is 0.396 e. The topological polar surface area (TPSA) is 40.5 Å². The average molecular weight is 213 g/mol. The predicted molar refractivity (Wildman–Crippen MR) is 60.5 cm³/mol. The lowest BCUT2D eigenvalue weighted by atomic mass is 9.91. The Bertz CT molecular complexity index is 228. The van der Waals surface area contributed by atoms with E-state index in [2.05, 4.69) is 13.8 Å². The molecule has 88 valence electrons. The number of hydrogen-bond donors (Lipinski definition) is 1. The Hall–Kier alpha value is -0.570. The van der Waals surface area contributed by atoms with Crippen LogP contribution in [0.15, 0.2) is 0 Å². The van der Waals surface area contributed by atoms with E-state index < -0.39 is 0 Å². The van der Waals surface area contributed by atoms with Gasteiger partial charge in [0.15, 0.2) is 0 Å². The zero-order valence-electron chi connectivity index (χ0n) is 10.1. The van der Waals surface area contributed by atoms with E-state index in [9.17, 15) is 9.90 Å². The Kier molecular flexibility index (Phi) is 4.14. The lowest BCUT2D eigenvalue weighted by molar-refractivity contribution is -0.130. The van der Waals surface area contributed by atoms with Gasteiger partial charge in [-0.15, -0.1) is 0 Å². The molecule has 1 aliphatic heterocycles. The van der Waals surface area contributed by atoms with E-state index in [1.54, 1.807) is 0 Å². The van der Waals surface area contributed by atoms with Gasteiger partial charge < -0.3 is 10.0 Å². The Morgan fingerprint density at radius 2 is 2.20 bits per heavy atom. The summed E-state index contributed by atoms with van der Waals surface area (Å²) < 4.78 is 0. The quantitative estimate of drug-likeness (QED) is 0.771. The van der Waals surface area contributed by atoms with E-state index in [1.165, 1.54) is 0 Å². The van der Waals surface area contributed by atoms with E-state index in [4.69, 9.17) is 0 Å². The molecule has 0 aromatic carbocycles. The second kappa shape index (κ2) is 4.97. The van der Waals surface area contributed by atoms with Crippen LogP contribution < -0.4 is 0 Å². The Labute approximate surface area is 92.5 Å². The summed E-state index contributed by atoms with van der Waals surface area (Å²) >= 11 is 0. The van der Waals surface area contributed by atoms with Crippen LogP contribution in [-0.2, 0) is 4.79 Å². The molecule has 1 saturated heterocycles. The summed E-state index contributed by atoms with van der Waals surface area (Å²) in [5.74, 6) is 0.835. The summed E-state index contributed by atoms with van der Waals surface area (Å²) in [7, 11) is 0. The number of hydrogen-bond acceptors (Lipinski definition) is 2. The molecule has 1 heterocycles. The molecule has 0 aromatic rings. The molecule has 1 N–H and O–H groups in total. The number of carbonyl (C=O) groups is 1. The van der Waals surface area contributed by atoms with Crippen molar-refractivity contribution in [3.8, 4) is 0 Å². The summed E-state index contributed by atoms with van der Waals surface area (Å²) in [5.41, 5.74) is -0.0620. The molecule has 1 aliphatic rings. The molecule has 1 atom stereocenters. The third kappa shape index (κ3) is 3.49.